The van der Waals surface area contributed by atoms with Gasteiger partial charge in [0.25, 0.3) is 0 Å². The van der Waals surface area contributed by atoms with Crippen molar-refractivity contribution in [2.24, 2.45) is 0 Å². The van der Waals surface area contributed by atoms with Crippen LogP contribution in [0.1, 0.15) is 6.92 Å². The lowest BCUT2D eigenvalue weighted by Gasteiger charge is -2.09. The molecule has 1 aromatic carbocycles. The Morgan fingerprint density at radius 1 is 1.35 bits per heavy atom. The summed E-state index contributed by atoms with van der Waals surface area (Å²) in [5, 5.41) is 13.9. The van der Waals surface area contributed by atoms with Crippen molar-refractivity contribution in [1.82, 2.24) is 5.32 Å². The molecule has 0 heterocycles. The Balaban J connectivity index is 2.39. The molecule has 1 rings (SSSR count). The third kappa shape index (κ3) is 4.97. The van der Waals surface area contributed by atoms with Crippen LogP contribution in [0.3, 0.4) is 0 Å². The van der Waals surface area contributed by atoms with Gasteiger partial charge >= 0.3 is 5.97 Å². The standard InChI is InChI=1S/C11H13BrN2O3/c1-7(11(16)17)13-6-10(15)14-9-4-2-8(12)3-5-9/h2-5,7,13H,6H2,1H3,(H,14,15)(H,16,17). The second-order valence-electron chi connectivity index (χ2n) is 3.50. The number of carbonyl (C=O) groups is 2. The fourth-order valence-corrected chi connectivity index (χ4v) is 1.34. The van der Waals surface area contributed by atoms with E-state index in [0.29, 0.717) is 5.69 Å². The van der Waals surface area contributed by atoms with Gasteiger partial charge in [0.15, 0.2) is 0 Å². The van der Waals surface area contributed by atoms with Gasteiger partial charge in [0.05, 0.1) is 6.54 Å². The molecule has 17 heavy (non-hydrogen) atoms. The molecular weight excluding hydrogens is 288 g/mol. The summed E-state index contributed by atoms with van der Waals surface area (Å²) >= 11 is 3.29. The van der Waals surface area contributed by atoms with Crippen molar-refractivity contribution >= 4 is 33.5 Å². The number of aliphatic carboxylic acids is 1. The molecule has 1 atom stereocenters. The van der Waals surface area contributed by atoms with Crippen molar-refractivity contribution in [3.63, 3.8) is 0 Å². The van der Waals surface area contributed by atoms with Crippen LogP contribution in [0.4, 0.5) is 5.69 Å². The van der Waals surface area contributed by atoms with Gasteiger partial charge in [-0.25, -0.2) is 0 Å². The first-order valence-electron chi connectivity index (χ1n) is 5.00. The molecule has 0 aliphatic carbocycles. The van der Waals surface area contributed by atoms with Crippen LogP contribution in [0.25, 0.3) is 0 Å². The number of hydrogen-bond acceptors (Lipinski definition) is 3. The smallest absolute Gasteiger partial charge is 0.320 e. The van der Waals surface area contributed by atoms with Gasteiger partial charge in [-0.3, -0.25) is 14.9 Å². The largest absolute Gasteiger partial charge is 0.480 e. The molecule has 1 aromatic rings. The second-order valence-corrected chi connectivity index (χ2v) is 4.41. The Labute approximate surface area is 107 Å². The van der Waals surface area contributed by atoms with E-state index in [-0.39, 0.29) is 12.5 Å². The van der Waals surface area contributed by atoms with E-state index < -0.39 is 12.0 Å². The summed E-state index contributed by atoms with van der Waals surface area (Å²) in [6.45, 7) is 1.44. The Bertz CT molecular complexity index is 406. The second kappa shape index (κ2) is 6.36. The van der Waals surface area contributed by atoms with E-state index in [9.17, 15) is 9.59 Å². The van der Waals surface area contributed by atoms with Crippen LogP contribution >= 0.6 is 15.9 Å². The maximum atomic E-state index is 11.4. The highest BCUT2D eigenvalue weighted by atomic mass is 79.9. The number of carbonyl (C=O) groups excluding carboxylic acids is 1. The minimum Gasteiger partial charge on any atom is -0.480 e. The molecule has 6 heteroatoms. The van der Waals surface area contributed by atoms with E-state index in [4.69, 9.17) is 5.11 Å². The molecule has 0 fully saturated rings. The van der Waals surface area contributed by atoms with E-state index >= 15 is 0 Å². The summed E-state index contributed by atoms with van der Waals surface area (Å²) in [6, 6.07) is 6.38. The normalized spacial score (nSPS) is 11.9. The first-order chi connectivity index (χ1) is 7.99. The van der Waals surface area contributed by atoms with E-state index in [1.54, 1.807) is 12.1 Å². The van der Waals surface area contributed by atoms with Crippen molar-refractivity contribution in [3.8, 4) is 0 Å². The Morgan fingerprint density at radius 3 is 2.47 bits per heavy atom. The highest BCUT2D eigenvalue weighted by Crippen LogP contribution is 2.13. The minimum atomic E-state index is -0.985. The van der Waals surface area contributed by atoms with E-state index in [1.807, 2.05) is 12.1 Å². The Morgan fingerprint density at radius 2 is 1.94 bits per heavy atom. The van der Waals surface area contributed by atoms with Crippen molar-refractivity contribution in [3.05, 3.63) is 28.7 Å². The zero-order valence-corrected chi connectivity index (χ0v) is 10.8. The molecule has 3 N–H and O–H groups in total. The number of nitrogens with one attached hydrogen (secondary N) is 2. The molecule has 0 spiro atoms. The van der Waals surface area contributed by atoms with Crippen molar-refractivity contribution in [2.45, 2.75) is 13.0 Å². The number of anilines is 1. The van der Waals surface area contributed by atoms with Gasteiger partial charge in [0, 0.05) is 10.2 Å². The predicted octanol–water partition coefficient (Wildman–Crippen LogP) is 1.45. The van der Waals surface area contributed by atoms with Gasteiger partial charge in [0.1, 0.15) is 6.04 Å². The minimum absolute atomic E-state index is 0.0382. The molecule has 0 aromatic heterocycles. The van der Waals surface area contributed by atoms with E-state index in [0.717, 1.165) is 4.47 Å². The Kier molecular flexibility index (Phi) is 5.11. The average molecular weight is 301 g/mol. The lowest BCUT2D eigenvalue weighted by atomic mass is 10.3. The molecule has 0 bridgehead atoms. The highest BCUT2D eigenvalue weighted by molar-refractivity contribution is 9.10. The summed E-state index contributed by atoms with van der Waals surface area (Å²) in [5.41, 5.74) is 0.669. The Hall–Kier alpha value is -1.40. The summed E-state index contributed by atoms with van der Waals surface area (Å²) in [4.78, 5) is 22.0. The summed E-state index contributed by atoms with van der Waals surface area (Å²) in [7, 11) is 0. The van der Waals surface area contributed by atoms with Gasteiger partial charge < -0.3 is 10.4 Å². The monoisotopic (exact) mass is 300 g/mol. The maximum absolute atomic E-state index is 11.4. The molecular formula is C11H13BrN2O3. The van der Waals surface area contributed by atoms with Gasteiger partial charge in [0.2, 0.25) is 5.91 Å². The molecule has 1 amide bonds. The summed E-state index contributed by atoms with van der Waals surface area (Å²) in [5.74, 6) is -1.26. The van der Waals surface area contributed by atoms with Crippen LogP contribution in [-0.2, 0) is 9.59 Å². The predicted molar refractivity (Wildman–Crippen MR) is 67.9 cm³/mol. The summed E-state index contributed by atoms with van der Waals surface area (Å²) in [6.07, 6.45) is 0. The fraction of sp³-hybridized carbons (Fsp3) is 0.273. The number of carboxylic acids is 1. The van der Waals surface area contributed by atoms with Gasteiger partial charge in [-0.05, 0) is 31.2 Å². The number of carboxylic acid groups (broad SMARTS) is 1. The fourth-order valence-electron chi connectivity index (χ4n) is 1.07. The molecule has 1 unspecified atom stereocenters. The first-order valence-corrected chi connectivity index (χ1v) is 5.80. The molecule has 0 aliphatic heterocycles. The average Bonchev–Trinajstić information content (AvgIpc) is 2.29. The van der Waals surface area contributed by atoms with E-state index in [2.05, 4.69) is 26.6 Å². The molecule has 0 saturated carbocycles. The van der Waals surface area contributed by atoms with Gasteiger partial charge in [-0.2, -0.15) is 0 Å². The molecule has 5 nitrogen and oxygen atoms in total. The number of benzene rings is 1. The summed E-state index contributed by atoms with van der Waals surface area (Å²) < 4.78 is 0.924. The quantitative estimate of drug-likeness (QED) is 0.769. The third-order valence-corrected chi connectivity index (χ3v) is 2.60. The number of hydrogen-bond donors (Lipinski definition) is 3. The van der Waals surface area contributed by atoms with Crippen molar-refractivity contribution in [1.29, 1.82) is 0 Å². The lowest BCUT2D eigenvalue weighted by molar-refractivity contribution is -0.139. The van der Waals surface area contributed by atoms with Crippen molar-refractivity contribution in [2.75, 3.05) is 11.9 Å². The lowest BCUT2D eigenvalue weighted by Crippen LogP contribution is -2.39. The highest BCUT2D eigenvalue weighted by Gasteiger charge is 2.11. The van der Waals surface area contributed by atoms with Crippen LogP contribution in [0.2, 0.25) is 0 Å². The van der Waals surface area contributed by atoms with Crippen LogP contribution < -0.4 is 10.6 Å². The number of halogens is 1. The number of amides is 1. The van der Waals surface area contributed by atoms with Gasteiger partial charge in [-0.15, -0.1) is 0 Å². The van der Waals surface area contributed by atoms with Crippen LogP contribution in [-0.4, -0.2) is 29.6 Å². The zero-order chi connectivity index (χ0) is 12.8. The number of rotatable bonds is 5. The topological polar surface area (TPSA) is 78.4 Å². The first kappa shape index (κ1) is 13.7. The maximum Gasteiger partial charge on any atom is 0.320 e. The molecule has 92 valence electrons. The molecule has 0 radical (unpaired) electrons. The SMILES string of the molecule is CC(NCC(=O)Nc1ccc(Br)cc1)C(=O)O. The molecule has 0 saturated heterocycles. The van der Waals surface area contributed by atoms with E-state index in [1.165, 1.54) is 6.92 Å². The van der Waals surface area contributed by atoms with Crippen molar-refractivity contribution < 1.29 is 14.7 Å². The van der Waals surface area contributed by atoms with Crippen LogP contribution in [0.5, 0.6) is 0 Å². The molecule has 0 aliphatic rings. The van der Waals surface area contributed by atoms with Crippen LogP contribution in [0, 0.1) is 0 Å². The zero-order valence-electron chi connectivity index (χ0n) is 9.24. The third-order valence-electron chi connectivity index (χ3n) is 2.07. The van der Waals surface area contributed by atoms with Gasteiger partial charge in [-0.1, -0.05) is 15.9 Å². The van der Waals surface area contributed by atoms with Crippen LogP contribution in [0.15, 0.2) is 28.7 Å².